The van der Waals surface area contributed by atoms with Crippen molar-refractivity contribution < 1.29 is 0 Å². The standard InChI is InChI=1S/C58H48N2/c1-41-9-17-45(18-10-41)21-23-47-25-33-53(34-26-47)59(51-29-13-43(3)14-30-51)57-37-38-58(56-40-50-8-6-5-7-49(50)39-55(56)57)60(52-31-15-44(4)16-32-52)54-35-27-48(28-36-54)24-22-46-19-11-42(2)12-20-46/h5-40H,1-4H3. The fraction of sp³-hybridized carbons (Fsp3) is 0.0690. The lowest BCUT2D eigenvalue weighted by Crippen LogP contribution is -2.13. The number of aryl methyl sites for hydroxylation is 4. The molecule has 60 heavy (non-hydrogen) atoms. The Hall–Kier alpha value is -7.42. The number of nitrogens with zero attached hydrogens (tertiary/aromatic N) is 2. The monoisotopic (exact) mass is 772 g/mol. The number of hydrogen-bond donors (Lipinski definition) is 0. The first kappa shape index (κ1) is 38.1. The molecule has 9 rings (SSSR count). The van der Waals surface area contributed by atoms with E-state index in [4.69, 9.17) is 0 Å². The lowest BCUT2D eigenvalue weighted by Gasteiger charge is -2.31. The first-order valence-electron chi connectivity index (χ1n) is 20.7. The molecular formula is C58H48N2. The molecule has 0 amide bonds. The SMILES string of the molecule is Cc1ccc(C=Cc2ccc(N(c3ccc(C)cc3)c3ccc(N(c4ccc(C)cc4)c4ccc(C=Cc5ccc(C)cc5)cc4)c4cc5ccccc5cc34)cc2)cc1. The first-order chi connectivity index (χ1) is 29.3. The van der Waals surface area contributed by atoms with Crippen LogP contribution in [0.3, 0.4) is 0 Å². The zero-order chi connectivity index (χ0) is 41.0. The van der Waals surface area contributed by atoms with Gasteiger partial charge in [0.05, 0.1) is 11.4 Å². The van der Waals surface area contributed by atoms with E-state index in [9.17, 15) is 0 Å². The minimum atomic E-state index is 1.10. The second-order valence-corrected chi connectivity index (χ2v) is 15.9. The summed E-state index contributed by atoms with van der Waals surface area (Å²) >= 11 is 0. The molecule has 0 N–H and O–H groups in total. The average Bonchev–Trinajstić information content (AvgIpc) is 3.28. The van der Waals surface area contributed by atoms with Crippen molar-refractivity contribution in [3.05, 3.63) is 239 Å². The van der Waals surface area contributed by atoms with Gasteiger partial charge in [-0.3, -0.25) is 0 Å². The van der Waals surface area contributed by atoms with Crippen LogP contribution >= 0.6 is 0 Å². The molecule has 0 heterocycles. The molecule has 2 heteroatoms. The van der Waals surface area contributed by atoms with Crippen LogP contribution in [-0.4, -0.2) is 0 Å². The zero-order valence-electron chi connectivity index (χ0n) is 34.7. The van der Waals surface area contributed by atoms with E-state index in [1.54, 1.807) is 0 Å². The third-order valence-corrected chi connectivity index (χ3v) is 11.3. The second-order valence-electron chi connectivity index (χ2n) is 15.9. The van der Waals surface area contributed by atoms with Gasteiger partial charge >= 0.3 is 0 Å². The Balaban J connectivity index is 1.18. The molecule has 0 radical (unpaired) electrons. The van der Waals surface area contributed by atoms with Gasteiger partial charge in [-0.1, -0.05) is 168 Å². The van der Waals surface area contributed by atoms with Crippen molar-refractivity contribution in [1.82, 2.24) is 0 Å². The number of rotatable bonds is 10. The van der Waals surface area contributed by atoms with Crippen molar-refractivity contribution in [1.29, 1.82) is 0 Å². The lowest BCUT2D eigenvalue weighted by molar-refractivity contribution is 1.27. The average molecular weight is 773 g/mol. The summed E-state index contributed by atoms with van der Waals surface area (Å²) in [5.41, 5.74) is 16.3. The van der Waals surface area contributed by atoms with E-state index in [2.05, 4.69) is 256 Å². The van der Waals surface area contributed by atoms with E-state index in [0.717, 1.165) is 45.3 Å². The summed E-state index contributed by atoms with van der Waals surface area (Å²) in [6, 6.07) is 70.9. The van der Waals surface area contributed by atoms with Crippen LogP contribution in [0.1, 0.15) is 44.5 Å². The van der Waals surface area contributed by atoms with Crippen LogP contribution in [0.4, 0.5) is 34.1 Å². The number of benzene rings is 9. The molecule has 2 nitrogen and oxygen atoms in total. The molecule has 9 aromatic carbocycles. The Labute approximate surface area is 354 Å². The van der Waals surface area contributed by atoms with Crippen molar-refractivity contribution in [3.8, 4) is 0 Å². The molecule has 0 saturated heterocycles. The highest BCUT2D eigenvalue weighted by Gasteiger charge is 2.21. The van der Waals surface area contributed by atoms with Gasteiger partial charge in [-0.15, -0.1) is 0 Å². The van der Waals surface area contributed by atoms with Gasteiger partial charge in [-0.05, 0) is 134 Å². The van der Waals surface area contributed by atoms with Gasteiger partial charge in [0.25, 0.3) is 0 Å². The van der Waals surface area contributed by atoms with Crippen molar-refractivity contribution >= 4 is 80.0 Å². The summed E-state index contributed by atoms with van der Waals surface area (Å²) in [6.07, 6.45) is 8.74. The van der Waals surface area contributed by atoms with Crippen LogP contribution in [0.2, 0.25) is 0 Å². The predicted octanol–water partition coefficient (Wildman–Crippen LogP) is 16.5. The molecule has 0 aliphatic rings. The normalized spacial score (nSPS) is 11.5. The molecule has 0 aliphatic heterocycles. The van der Waals surface area contributed by atoms with Crippen LogP contribution in [0.15, 0.2) is 194 Å². The Morgan fingerprint density at radius 3 is 0.833 bits per heavy atom. The Bertz CT molecular complexity index is 2750. The summed E-state index contributed by atoms with van der Waals surface area (Å²) in [6.45, 7) is 8.53. The maximum atomic E-state index is 2.40. The summed E-state index contributed by atoms with van der Waals surface area (Å²) < 4.78 is 0. The maximum Gasteiger partial charge on any atom is 0.0541 e. The maximum absolute atomic E-state index is 2.40. The topological polar surface area (TPSA) is 6.48 Å². The summed E-state index contributed by atoms with van der Waals surface area (Å²) in [5.74, 6) is 0. The van der Waals surface area contributed by atoms with E-state index >= 15 is 0 Å². The molecule has 0 atom stereocenters. The second kappa shape index (κ2) is 16.8. The summed E-state index contributed by atoms with van der Waals surface area (Å²) in [5, 5.41) is 4.75. The van der Waals surface area contributed by atoms with Crippen LogP contribution in [0.25, 0.3) is 45.8 Å². The number of hydrogen-bond acceptors (Lipinski definition) is 2. The Kier molecular flexibility index (Phi) is 10.7. The molecule has 0 unspecified atom stereocenters. The zero-order valence-corrected chi connectivity index (χ0v) is 34.7. The minimum absolute atomic E-state index is 1.10. The molecule has 0 spiro atoms. The molecule has 0 saturated carbocycles. The van der Waals surface area contributed by atoms with Crippen LogP contribution < -0.4 is 9.80 Å². The van der Waals surface area contributed by atoms with Gasteiger partial charge in [-0.2, -0.15) is 0 Å². The van der Waals surface area contributed by atoms with E-state index in [-0.39, 0.29) is 0 Å². The fourth-order valence-corrected chi connectivity index (χ4v) is 7.84. The quantitative estimate of drug-likeness (QED) is 0.101. The molecule has 0 fully saturated rings. The minimum Gasteiger partial charge on any atom is -0.310 e. The summed E-state index contributed by atoms with van der Waals surface area (Å²) in [7, 11) is 0. The van der Waals surface area contributed by atoms with E-state index in [1.165, 1.54) is 54.9 Å². The third-order valence-electron chi connectivity index (χ3n) is 11.3. The molecule has 0 aliphatic carbocycles. The Morgan fingerprint density at radius 1 is 0.283 bits per heavy atom. The van der Waals surface area contributed by atoms with Gasteiger partial charge < -0.3 is 9.80 Å². The molecule has 0 aromatic heterocycles. The van der Waals surface area contributed by atoms with Gasteiger partial charge in [0.2, 0.25) is 0 Å². The molecule has 290 valence electrons. The van der Waals surface area contributed by atoms with E-state index < -0.39 is 0 Å². The van der Waals surface area contributed by atoms with Gasteiger partial charge in [0.15, 0.2) is 0 Å². The van der Waals surface area contributed by atoms with Crippen molar-refractivity contribution in [2.24, 2.45) is 0 Å². The van der Waals surface area contributed by atoms with E-state index in [0.29, 0.717) is 0 Å². The van der Waals surface area contributed by atoms with Crippen molar-refractivity contribution in [3.63, 3.8) is 0 Å². The largest absolute Gasteiger partial charge is 0.310 e. The molecule has 9 aromatic rings. The third kappa shape index (κ3) is 8.27. The fourth-order valence-electron chi connectivity index (χ4n) is 7.84. The highest BCUT2D eigenvalue weighted by molar-refractivity contribution is 6.12. The van der Waals surface area contributed by atoms with Crippen LogP contribution in [-0.2, 0) is 0 Å². The first-order valence-corrected chi connectivity index (χ1v) is 20.7. The number of fused-ring (bicyclic) bond motifs is 2. The highest BCUT2D eigenvalue weighted by atomic mass is 15.2. The van der Waals surface area contributed by atoms with Gasteiger partial charge in [0, 0.05) is 33.5 Å². The van der Waals surface area contributed by atoms with Crippen LogP contribution in [0.5, 0.6) is 0 Å². The molecule has 0 bridgehead atoms. The lowest BCUT2D eigenvalue weighted by atomic mass is 9.98. The van der Waals surface area contributed by atoms with Gasteiger partial charge in [-0.25, -0.2) is 0 Å². The predicted molar refractivity (Wildman–Crippen MR) is 261 cm³/mol. The smallest absolute Gasteiger partial charge is 0.0541 e. The van der Waals surface area contributed by atoms with Crippen molar-refractivity contribution in [2.75, 3.05) is 9.80 Å². The van der Waals surface area contributed by atoms with Crippen LogP contribution in [0, 0.1) is 27.7 Å². The molecular weight excluding hydrogens is 725 g/mol. The van der Waals surface area contributed by atoms with E-state index in [1.807, 2.05) is 0 Å². The number of anilines is 6. The Morgan fingerprint density at radius 2 is 0.533 bits per heavy atom. The summed E-state index contributed by atoms with van der Waals surface area (Å²) in [4.78, 5) is 4.80. The highest BCUT2D eigenvalue weighted by Crippen LogP contribution is 2.46. The van der Waals surface area contributed by atoms with Gasteiger partial charge in [0.1, 0.15) is 0 Å². The van der Waals surface area contributed by atoms with Crippen molar-refractivity contribution in [2.45, 2.75) is 27.7 Å².